The van der Waals surface area contributed by atoms with Crippen molar-refractivity contribution < 1.29 is 8.42 Å². The lowest BCUT2D eigenvalue weighted by Gasteiger charge is -2.14. The summed E-state index contributed by atoms with van der Waals surface area (Å²) in [6.07, 6.45) is 0. The van der Waals surface area contributed by atoms with Crippen molar-refractivity contribution in [2.45, 2.75) is 18.7 Å². The van der Waals surface area contributed by atoms with Crippen molar-refractivity contribution in [3.63, 3.8) is 0 Å². The molecule has 0 fully saturated rings. The summed E-state index contributed by atoms with van der Waals surface area (Å²) in [6.45, 7) is 3.80. The zero-order valence-electron chi connectivity index (χ0n) is 10.9. The van der Waals surface area contributed by atoms with Gasteiger partial charge in [0.05, 0.1) is 10.7 Å². The van der Waals surface area contributed by atoms with E-state index >= 15 is 0 Å². The zero-order chi connectivity index (χ0) is 14.9. The summed E-state index contributed by atoms with van der Waals surface area (Å²) in [4.78, 5) is 0.0635. The molecule has 6 heteroatoms. The second-order valence-corrected chi connectivity index (χ2v) is 7.39. The fraction of sp³-hybridized carbons (Fsp3) is 0.143. The van der Waals surface area contributed by atoms with E-state index in [-0.39, 0.29) is 9.92 Å². The molecule has 0 aliphatic rings. The maximum absolute atomic E-state index is 12.4. The first-order valence-electron chi connectivity index (χ1n) is 5.85. The minimum atomic E-state index is -3.71. The molecular formula is C14H13BrClNO2S. The van der Waals surface area contributed by atoms with Crippen molar-refractivity contribution >= 4 is 43.2 Å². The van der Waals surface area contributed by atoms with E-state index in [1.165, 1.54) is 6.07 Å². The Hall–Kier alpha value is -1.04. The number of hydrogen-bond donors (Lipinski definition) is 1. The Balaban J connectivity index is 2.47. The van der Waals surface area contributed by atoms with Crippen molar-refractivity contribution in [3.05, 3.63) is 57.0 Å². The number of anilines is 1. The van der Waals surface area contributed by atoms with E-state index in [4.69, 9.17) is 11.6 Å². The molecule has 2 rings (SSSR count). The van der Waals surface area contributed by atoms with Crippen LogP contribution in [0.3, 0.4) is 0 Å². The number of nitrogens with one attached hydrogen (secondary N) is 1. The third-order valence-electron chi connectivity index (χ3n) is 2.79. The lowest BCUT2D eigenvalue weighted by molar-refractivity contribution is 0.601. The Bertz CT molecular complexity index is 737. The highest BCUT2D eigenvalue weighted by atomic mass is 79.9. The van der Waals surface area contributed by atoms with Crippen LogP contribution in [0, 0.1) is 13.8 Å². The van der Waals surface area contributed by atoms with Gasteiger partial charge >= 0.3 is 0 Å². The van der Waals surface area contributed by atoms with Crippen molar-refractivity contribution in [3.8, 4) is 0 Å². The molecule has 0 bridgehead atoms. The van der Waals surface area contributed by atoms with E-state index in [0.717, 1.165) is 11.1 Å². The third kappa shape index (κ3) is 3.16. The molecule has 0 aliphatic heterocycles. The first-order valence-corrected chi connectivity index (χ1v) is 8.51. The lowest BCUT2D eigenvalue weighted by atomic mass is 10.1. The summed E-state index contributed by atoms with van der Waals surface area (Å²) in [6, 6.07) is 10.1. The minimum absolute atomic E-state index is 0.0635. The van der Waals surface area contributed by atoms with Crippen molar-refractivity contribution in [2.75, 3.05) is 4.72 Å². The van der Waals surface area contributed by atoms with Gasteiger partial charge in [-0.25, -0.2) is 8.42 Å². The molecule has 2 aromatic carbocycles. The van der Waals surface area contributed by atoms with Crippen LogP contribution in [0.4, 0.5) is 5.69 Å². The van der Waals surface area contributed by atoms with Crippen LogP contribution in [0.25, 0.3) is 0 Å². The van der Waals surface area contributed by atoms with Crippen LogP contribution in [-0.2, 0) is 10.0 Å². The largest absolute Gasteiger partial charge is 0.278 e. The number of aryl methyl sites for hydroxylation is 2. The molecule has 0 heterocycles. The first-order chi connectivity index (χ1) is 9.31. The van der Waals surface area contributed by atoms with Crippen LogP contribution in [0.15, 0.2) is 45.8 Å². The number of halogens is 2. The van der Waals surface area contributed by atoms with E-state index in [1.54, 1.807) is 18.2 Å². The van der Waals surface area contributed by atoms with Crippen LogP contribution >= 0.6 is 27.5 Å². The number of rotatable bonds is 3. The number of benzene rings is 2. The second kappa shape index (κ2) is 5.76. The predicted octanol–water partition coefficient (Wildman–Crippen LogP) is 4.52. The lowest BCUT2D eigenvalue weighted by Crippen LogP contribution is -2.14. The molecule has 20 heavy (non-hydrogen) atoms. The van der Waals surface area contributed by atoms with Gasteiger partial charge in [0.2, 0.25) is 0 Å². The normalized spacial score (nSPS) is 11.4. The van der Waals surface area contributed by atoms with E-state index in [9.17, 15) is 8.42 Å². The summed E-state index contributed by atoms with van der Waals surface area (Å²) in [5.41, 5.74) is 2.41. The van der Waals surface area contributed by atoms with Gasteiger partial charge in [0, 0.05) is 4.47 Å². The molecule has 0 saturated heterocycles. The molecule has 0 atom stereocenters. The Kier molecular flexibility index (Phi) is 4.42. The highest BCUT2D eigenvalue weighted by Crippen LogP contribution is 2.31. The van der Waals surface area contributed by atoms with Gasteiger partial charge in [0.25, 0.3) is 10.0 Å². The van der Waals surface area contributed by atoms with E-state index in [2.05, 4.69) is 20.7 Å². The summed E-state index contributed by atoms with van der Waals surface area (Å²) in [5, 5.41) is 0.195. The molecule has 1 N–H and O–H groups in total. The van der Waals surface area contributed by atoms with Crippen LogP contribution in [-0.4, -0.2) is 8.42 Å². The Morgan fingerprint density at radius 3 is 2.40 bits per heavy atom. The third-order valence-corrected chi connectivity index (χ3v) is 5.27. The molecule has 0 aromatic heterocycles. The molecule has 0 saturated carbocycles. The summed E-state index contributed by atoms with van der Waals surface area (Å²) < 4.78 is 28.1. The average molecular weight is 375 g/mol. The predicted molar refractivity (Wildman–Crippen MR) is 85.9 cm³/mol. The molecule has 2 aromatic rings. The first kappa shape index (κ1) is 15.4. The van der Waals surface area contributed by atoms with Crippen molar-refractivity contribution in [2.24, 2.45) is 0 Å². The van der Waals surface area contributed by atoms with Crippen LogP contribution in [0.2, 0.25) is 5.02 Å². The molecule has 0 radical (unpaired) electrons. The van der Waals surface area contributed by atoms with Gasteiger partial charge in [0.15, 0.2) is 0 Å². The van der Waals surface area contributed by atoms with E-state index in [0.29, 0.717) is 10.2 Å². The van der Waals surface area contributed by atoms with E-state index in [1.807, 2.05) is 26.0 Å². The molecule has 0 spiro atoms. The van der Waals surface area contributed by atoms with Gasteiger partial charge in [-0.1, -0.05) is 29.8 Å². The standard InChI is InChI=1S/C14H13BrClNO2S/c1-9-7-10(2)14(11(15)8-9)17-20(18,19)13-6-4-3-5-12(13)16/h3-8,17H,1-2H3. The van der Waals surface area contributed by atoms with Crippen molar-refractivity contribution in [1.29, 1.82) is 0 Å². The molecule has 0 aliphatic carbocycles. The molecular weight excluding hydrogens is 362 g/mol. The van der Waals surface area contributed by atoms with Crippen LogP contribution < -0.4 is 4.72 Å². The maximum Gasteiger partial charge on any atom is 0.263 e. The molecule has 106 valence electrons. The molecule has 0 amide bonds. The summed E-state index contributed by atoms with van der Waals surface area (Å²) in [5.74, 6) is 0. The Labute approximate surface area is 132 Å². The Morgan fingerprint density at radius 2 is 1.80 bits per heavy atom. The van der Waals surface area contributed by atoms with E-state index < -0.39 is 10.0 Å². The fourth-order valence-corrected chi connectivity index (χ4v) is 4.47. The molecule has 3 nitrogen and oxygen atoms in total. The quantitative estimate of drug-likeness (QED) is 0.858. The number of sulfonamides is 1. The smallest absolute Gasteiger partial charge is 0.263 e. The maximum atomic E-state index is 12.4. The van der Waals surface area contributed by atoms with Gasteiger partial charge in [-0.2, -0.15) is 0 Å². The second-order valence-electron chi connectivity index (χ2n) is 4.47. The monoisotopic (exact) mass is 373 g/mol. The van der Waals surface area contributed by atoms with Crippen LogP contribution in [0.1, 0.15) is 11.1 Å². The Morgan fingerprint density at radius 1 is 1.15 bits per heavy atom. The topological polar surface area (TPSA) is 46.2 Å². The SMILES string of the molecule is Cc1cc(C)c(NS(=O)(=O)c2ccccc2Cl)c(Br)c1. The van der Waals surface area contributed by atoms with Gasteiger partial charge in [0.1, 0.15) is 4.90 Å². The highest BCUT2D eigenvalue weighted by molar-refractivity contribution is 9.10. The average Bonchev–Trinajstić information content (AvgIpc) is 2.34. The highest BCUT2D eigenvalue weighted by Gasteiger charge is 2.19. The number of hydrogen-bond acceptors (Lipinski definition) is 2. The van der Waals surface area contributed by atoms with Gasteiger partial charge in [-0.15, -0.1) is 0 Å². The van der Waals surface area contributed by atoms with Gasteiger partial charge in [-0.3, -0.25) is 4.72 Å². The zero-order valence-corrected chi connectivity index (χ0v) is 14.1. The van der Waals surface area contributed by atoms with Crippen LogP contribution in [0.5, 0.6) is 0 Å². The van der Waals surface area contributed by atoms with Gasteiger partial charge < -0.3 is 0 Å². The summed E-state index contributed by atoms with van der Waals surface area (Å²) >= 11 is 9.33. The fourth-order valence-electron chi connectivity index (χ4n) is 1.90. The molecule has 0 unspecified atom stereocenters. The minimum Gasteiger partial charge on any atom is -0.278 e. The summed E-state index contributed by atoms with van der Waals surface area (Å²) in [7, 11) is -3.71. The van der Waals surface area contributed by atoms with Gasteiger partial charge in [-0.05, 0) is 59.1 Å². The van der Waals surface area contributed by atoms with Crippen molar-refractivity contribution in [1.82, 2.24) is 0 Å².